The molecule has 1 aliphatic rings. The van der Waals surface area contributed by atoms with Gasteiger partial charge in [-0.1, -0.05) is 12.1 Å². The van der Waals surface area contributed by atoms with E-state index in [2.05, 4.69) is 29.2 Å². The third-order valence-electron chi connectivity index (χ3n) is 5.11. The van der Waals surface area contributed by atoms with Gasteiger partial charge in [0.2, 0.25) is 0 Å². The normalized spacial score (nSPS) is 20.6. The van der Waals surface area contributed by atoms with E-state index in [0.717, 1.165) is 24.4 Å². The molecule has 0 saturated carbocycles. The minimum Gasteiger partial charge on any atom is -0.497 e. The summed E-state index contributed by atoms with van der Waals surface area (Å²) in [5.41, 5.74) is 2.58. The van der Waals surface area contributed by atoms with Gasteiger partial charge in [-0.15, -0.1) is 0 Å². The summed E-state index contributed by atoms with van der Waals surface area (Å²) in [6, 6.07) is 8.37. The first-order valence-corrected chi connectivity index (χ1v) is 8.51. The maximum absolute atomic E-state index is 12.3. The van der Waals surface area contributed by atoms with Crippen molar-refractivity contribution < 1.29 is 14.3 Å². The highest BCUT2D eigenvalue weighted by Gasteiger charge is 2.34. The molecule has 0 radical (unpaired) electrons. The zero-order chi connectivity index (χ0) is 18.0. The number of carbonyl (C=O) groups is 1. The minimum absolute atomic E-state index is 0.244. The zero-order valence-electron chi connectivity index (χ0n) is 15.2. The third-order valence-corrected chi connectivity index (χ3v) is 5.11. The van der Waals surface area contributed by atoms with Gasteiger partial charge in [0.25, 0.3) is 0 Å². The van der Waals surface area contributed by atoms with Gasteiger partial charge in [-0.25, -0.2) is 4.79 Å². The third kappa shape index (κ3) is 3.54. The largest absolute Gasteiger partial charge is 0.497 e. The molecule has 25 heavy (non-hydrogen) atoms. The van der Waals surface area contributed by atoms with Crippen LogP contribution in [-0.2, 0) is 11.8 Å². The number of benzene rings is 1. The number of aromatic nitrogens is 2. The van der Waals surface area contributed by atoms with Crippen LogP contribution in [0.25, 0.3) is 0 Å². The summed E-state index contributed by atoms with van der Waals surface area (Å²) in [7, 11) is 5.60. The predicted molar refractivity (Wildman–Crippen MR) is 94.7 cm³/mol. The second-order valence-corrected chi connectivity index (χ2v) is 6.61. The summed E-state index contributed by atoms with van der Waals surface area (Å²) in [5.74, 6) is 0.826. The molecule has 0 spiro atoms. The van der Waals surface area contributed by atoms with Gasteiger partial charge in [-0.3, -0.25) is 9.58 Å². The lowest BCUT2D eigenvalue weighted by atomic mass is 9.94. The molecule has 0 unspecified atom stereocenters. The lowest BCUT2D eigenvalue weighted by Gasteiger charge is -2.25. The molecule has 134 valence electrons. The maximum atomic E-state index is 12.3. The van der Waals surface area contributed by atoms with E-state index in [0.29, 0.717) is 12.2 Å². The van der Waals surface area contributed by atoms with Gasteiger partial charge in [0.1, 0.15) is 11.3 Å². The van der Waals surface area contributed by atoms with Crippen molar-refractivity contribution in [2.75, 3.05) is 27.3 Å². The van der Waals surface area contributed by atoms with Crippen molar-refractivity contribution in [2.24, 2.45) is 13.0 Å². The Morgan fingerprint density at radius 2 is 2.00 bits per heavy atom. The zero-order valence-corrected chi connectivity index (χ0v) is 15.2. The molecule has 0 aliphatic carbocycles. The van der Waals surface area contributed by atoms with Crippen molar-refractivity contribution in [1.29, 1.82) is 0 Å². The van der Waals surface area contributed by atoms with Gasteiger partial charge in [-0.2, -0.15) is 5.10 Å². The number of hydrogen-bond acceptors (Lipinski definition) is 5. The molecule has 1 aromatic heterocycles. The summed E-state index contributed by atoms with van der Waals surface area (Å²) >= 11 is 0. The van der Waals surface area contributed by atoms with Crippen LogP contribution in [0.3, 0.4) is 0 Å². The summed E-state index contributed by atoms with van der Waals surface area (Å²) in [6.45, 7) is 3.27. The van der Waals surface area contributed by atoms with Crippen molar-refractivity contribution in [2.45, 2.75) is 19.4 Å². The molecular formula is C19H25N3O3. The molecule has 0 amide bonds. The van der Waals surface area contributed by atoms with E-state index in [9.17, 15) is 4.79 Å². The Bertz CT molecular complexity index is 739. The number of hydrogen-bond donors (Lipinski definition) is 0. The van der Waals surface area contributed by atoms with E-state index in [-0.39, 0.29) is 17.9 Å². The summed E-state index contributed by atoms with van der Waals surface area (Å²) in [4.78, 5) is 14.7. The fourth-order valence-electron chi connectivity index (χ4n) is 3.49. The van der Waals surface area contributed by atoms with Crippen LogP contribution in [-0.4, -0.2) is 48.0 Å². The van der Waals surface area contributed by atoms with Gasteiger partial charge in [0.15, 0.2) is 0 Å². The maximum Gasteiger partial charge on any atom is 0.341 e. The first kappa shape index (κ1) is 17.5. The topological polar surface area (TPSA) is 56.6 Å². The molecule has 1 fully saturated rings. The van der Waals surface area contributed by atoms with Crippen molar-refractivity contribution in [3.8, 4) is 5.75 Å². The average Bonchev–Trinajstić information content (AvgIpc) is 3.16. The first-order chi connectivity index (χ1) is 12.0. The minimum atomic E-state index is -0.298. The number of carbonyl (C=O) groups excluding carboxylic acids is 1. The first-order valence-electron chi connectivity index (χ1n) is 8.51. The molecule has 6 nitrogen and oxygen atoms in total. The number of rotatable bonds is 5. The smallest absolute Gasteiger partial charge is 0.341 e. The number of aryl methyl sites for hydroxylation is 1. The molecule has 1 saturated heterocycles. The fraction of sp³-hybridized carbons (Fsp3) is 0.474. The SMILES string of the molecule is COc1ccc([C@@H]2[C@@H](COC(=O)c3cnn(C)c3C)CCN2C)cc1. The molecule has 2 aromatic rings. The Morgan fingerprint density at radius 1 is 1.28 bits per heavy atom. The van der Waals surface area contributed by atoms with Crippen LogP contribution in [0.5, 0.6) is 5.75 Å². The molecular weight excluding hydrogens is 318 g/mol. The van der Waals surface area contributed by atoms with E-state index in [4.69, 9.17) is 9.47 Å². The highest BCUT2D eigenvalue weighted by Crippen LogP contribution is 2.37. The van der Waals surface area contributed by atoms with Gasteiger partial charge in [-0.05, 0) is 44.6 Å². The van der Waals surface area contributed by atoms with Gasteiger partial charge in [0, 0.05) is 24.7 Å². The molecule has 6 heteroatoms. The van der Waals surface area contributed by atoms with Crippen LogP contribution in [0.15, 0.2) is 30.5 Å². The van der Waals surface area contributed by atoms with Gasteiger partial charge < -0.3 is 9.47 Å². The highest BCUT2D eigenvalue weighted by atomic mass is 16.5. The van der Waals surface area contributed by atoms with Crippen molar-refractivity contribution in [3.63, 3.8) is 0 Å². The Balaban J connectivity index is 1.68. The molecule has 1 aliphatic heterocycles. The summed E-state index contributed by atoms with van der Waals surface area (Å²) in [6.07, 6.45) is 2.58. The van der Waals surface area contributed by atoms with E-state index in [1.165, 1.54) is 5.56 Å². The molecule has 1 aromatic carbocycles. The Hall–Kier alpha value is -2.34. The van der Waals surface area contributed by atoms with Crippen LogP contribution in [0.4, 0.5) is 0 Å². The number of methoxy groups -OCH3 is 1. The fourth-order valence-corrected chi connectivity index (χ4v) is 3.49. The Morgan fingerprint density at radius 3 is 2.60 bits per heavy atom. The van der Waals surface area contributed by atoms with Gasteiger partial charge in [0.05, 0.1) is 19.9 Å². The average molecular weight is 343 g/mol. The van der Waals surface area contributed by atoms with E-state index < -0.39 is 0 Å². The van der Waals surface area contributed by atoms with Crippen LogP contribution in [0.2, 0.25) is 0 Å². The van der Waals surface area contributed by atoms with E-state index in [1.807, 2.05) is 26.1 Å². The van der Waals surface area contributed by atoms with E-state index >= 15 is 0 Å². The second-order valence-electron chi connectivity index (χ2n) is 6.61. The number of likely N-dealkylation sites (tertiary alicyclic amines) is 1. The summed E-state index contributed by atoms with van der Waals surface area (Å²) in [5, 5.41) is 4.10. The standard InChI is InChI=1S/C19H25N3O3/c1-13-17(11-20-22(13)3)19(23)25-12-15-9-10-21(2)18(15)14-5-7-16(24-4)8-6-14/h5-8,11,15,18H,9-10,12H2,1-4H3/t15-,18-/m1/s1. The Labute approximate surface area is 148 Å². The molecule has 2 atom stereocenters. The molecule has 0 N–H and O–H groups in total. The van der Waals surface area contributed by atoms with Crippen molar-refractivity contribution in [1.82, 2.24) is 14.7 Å². The lowest BCUT2D eigenvalue weighted by molar-refractivity contribution is 0.0411. The van der Waals surface area contributed by atoms with Gasteiger partial charge >= 0.3 is 5.97 Å². The van der Waals surface area contributed by atoms with Crippen molar-refractivity contribution >= 4 is 5.97 Å². The molecule has 2 heterocycles. The number of nitrogens with zero attached hydrogens (tertiary/aromatic N) is 3. The lowest BCUT2D eigenvalue weighted by Crippen LogP contribution is -2.24. The van der Waals surface area contributed by atoms with Crippen molar-refractivity contribution in [3.05, 3.63) is 47.3 Å². The highest BCUT2D eigenvalue weighted by molar-refractivity contribution is 5.90. The van der Waals surface area contributed by atoms with Crippen LogP contribution < -0.4 is 4.74 Å². The van der Waals surface area contributed by atoms with Crippen LogP contribution >= 0.6 is 0 Å². The molecule has 3 rings (SSSR count). The number of ether oxygens (including phenoxy) is 2. The van der Waals surface area contributed by atoms with Crippen LogP contribution in [0.1, 0.15) is 34.1 Å². The quantitative estimate of drug-likeness (QED) is 0.781. The molecule has 0 bridgehead atoms. The van der Waals surface area contributed by atoms with Crippen LogP contribution in [0, 0.1) is 12.8 Å². The monoisotopic (exact) mass is 343 g/mol. The van der Waals surface area contributed by atoms with E-state index in [1.54, 1.807) is 18.0 Å². The Kier molecular flexibility index (Phi) is 5.08. The predicted octanol–water partition coefficient (Wildman–Crippen LogP) is 2.59. The number of esters is 1. The second kappa shape index (κ2) is 7.27. The summed E-state index contributed by atoms with van der Waals surface area (Å²) < 4.78 is 12.5.